The molecule has 0 aliphatic rings. The highest BCUT2D eigenvalue weighted by molar-refractivity contribution is 5.78. The zero-order valence-electron chi connectivity index (χ0n) is 15.7. The van der Waals surface area contributed by atoms with Crippen LogP contribution >= 0.6 is 0 Å². The quantitative estimate of drug-likeness (QED) is 0.501. The van der Waals surface area contributed by atoms with Crippen LogP contribution in [0, 0.1) is 0 Å². The molecule has 1 unspecified atom stereocenters. The molecule has 0 bridgehead atoms. The van der Waals surface area contributed by atoms with E-state index in [4.69, 9.17) is 4.98 Å². The fraction of sp³-hybridized carbons (Fsp3) is 0.227. The van der Waals surface area contributed by atoms with Crippen molar-refractivity contribution in [2.45, 2.75) is 25.8 Å². The first kappa shape index (κ1) is 17.2. The summed E-state index contributed by atoms with van der Waals surface area (Å²) in [4.78, 5) is 13.6. The third-order valence-electron chi connectivity index (χ3n) is 4.85. The second-order valence-electron chi connectivity index (χ2n) is 6.65. The van der Waals surface area contributed by atoms with Crippen LogP contribution in [0.25, 0.3) is 22.5 Å². The largest absolute Gasteiger partial charge is 0.336 e. The maximum absolute atomic E-state index is 4.81. The Hall–Kier alpha value is -3.21. The summed E-state index contributed by atoms with van der Waals surface area (Å²) in [6.07, 6.45) is 11.5. The Morgan fingerprint density at radius 3 is 2.37 bits per heavy atom. The lowest BCUT2D eigenvalue weighted by Crippen LogP contribution is -2.15. The first-order valence-corrected chi connectivity index (χ1v) is 9.29. The monoisotopic (exact) mass is 357 g/mol. The van der Waals surface area contributed by atoms with Crippen LogP contribution < -0.4 is 0 Å². The lowest BCUT2D eigenvalue weighted by Gasteiger charge is -2.21. The van der Waals surface area contributed by atoms with E-state index < -0.39 is 0 Å². The highest BCUT2D eigenvalue weighted by Gasteiger charge is 2.23. The van der Waals surface area contributed by atoms with Crippen molar-refractivity contribution in [3.63, 3.8) is 0 Å². The minimum atomic E-state index is 0.128. The van der Waals surface area contributed by atoms with Crippen molar-refractivity contribution in [3.05, 3.63) is 79.4 Å². The van der Waals surface area contributed by atoms with Gasteiger partial charge in [0.05, 0.1) is 23.8 Å². The maximum Gasteiger partial charge on any atom is 0.131 e. The van der Waals surface area contributed by atoms with E-state index in [2.05, 4.69) is 38.2 Å². The SMILES string of the molecule is CCCC(c1nccn1C)n1cnc(-c2ccccc2)c1-c1ccncc1. The second kappa shape index (κ2) is 7.58. The van der Waals surface area contributed by atoms with E-state index in [9.17, 15) is 0 Å². The number of nitrogens with zero attached hydrogens (tertiary/aromatic N) is 5. The van der Waals surface area contributed by atoms with E-state index in [1.165, 1.54) is 0 Å². The van der Waals surface area contributed by atoms with Crippen molar-refractivity contribution in [3.8, 4) is 22.5 Å². The molecule has 0 aliphatic carbocycles. The molecule has 3 aromatic heterocycles. The van der Waals surface area contributed by atoms with Crippen LogP contribution in [0.1, 0.15) is 31.6 Å². The number of hydrogen-bond acceptors (Lipinski definition) is 3. The molecule has 1 atom stereocenters. The summed E-state index contributed by atoms with van der Waals surface area (Å²) in [7, 11) is 2.05. The number of benzene rings is 1. The van der Waals surface area contributed by atoms with Crippen molar-refractivity contribution in [2.75, 3.05) is 0 Å². The summed E-state index contributed by atoms with van der Waals surface area (Å²) in [6.45, 7) is 2.21. The van der Waals surface area contributed by atoms with Crippen molar-refractivity contribution in [1.82, 2.24) is 24.1 Å². The first-order valence-electron chi connectivity index (χ1n) is 9.29. The van der Waals surface area contributed by atoms with Crippen molar-refractivity contribution in [1.29, 1.82) is 0 Å². The Morgan fingerprint density at radius 2 is 1.70 bits per heavy atom. The molecule has 5 heteroatoms. The fourth-order valence-electron chi connectivity index (χ4n) is 3.56. The molecule has 27 heavy (non-hydrogen) atoms. The Balaban J connectivity index is 1.93. The number of imidazole rings is 2. The van der Waals surface area contributed by atoms with E-state index in [0.717, 1.165) is 41.2 Å². The predicted molar refractivity (Wildman–Crippen MR) is 107 cm³/mol. The molecular formula is C22H23N5. The van der Waals surface area contributed by atoms with Gasteiger partial charge >= 0.3 is 0 Å². The van der Waals surface area contributed by atoms with Gasteiger partial charge in [-0.05, 0) is 18.6 Å². The lowest BCUT2D eigenvalue weighted by atomic mass is 10.0. The maximum atomic E-state index is 4.81. The van der Waals surface area contributed by atoms with Crippen LogP contribution in [0.15, 0.2) is 73.6 Å². The van der Waals surface area contributed by atoms with Gasteiger partial charge in [-0.15, -0.1) is 0 Å². The molecule has 136 valence electrons. The van der Waals surface area contributed by atoms with Crippen LogP contribution in [0.4, 0.5) is 0 Å². The molecular weight excluding hydrogens is 334 g/mol. The van der Waals surface area contributed by atoms with Gasteiger partial charge in [0.2, 0.25) is 0 Å². The molecule has 4 rings (SSSR count). The minimum absolute atomic E-state index is 0.128. The van der Waals surface area contributed by atoms with Crippen LogP contribution in [-0.4, -0.2) is 24.1 Å². The van der Waals surface area contributed by atoms with Gasteiger partial charge in [-0.3, -0.25) is 4.98 Å². The molecule has 3 heterocycles. The number of aryl methyl sites for hydroxylation is 1. The molecule has 0 amide bonds. The fourth-order valence-corrected chi connectivity index (χ4v) is 3.56. The summed E-state index contributed by atoms with van der Waals surface area (Å²) in [6, 6.07) is 14.5. The lowest BCUT2D eigenvalue weighted by molar-refractivity contribution is 0.495. The van der Waals surface area contributed by atoms with Gasteiger partial charge in [0.15, 0.2) is 0 Å². The summed E-state index contributed by atoms with van der Waals surface area (Å²) >= 11 is 0. The van der Waals surface area contributed by atoms with Crippen LogP contribution in [0.5, 0.6) is 0 Å². The molecule has 0 saturated carbocycles. The molecule has 0 fully saturated rings. The van der Waals surface area contributed by atoms with Gasteiger partial charge in [-0.2, -0.15) is 0 Å². The highest BCUT2D eigenvalue weighted by atomic mass is 15.2. The Morgan fingerprint density at radius 1 is 0.926 bits per heavy atom. The molecule has 1 aromatic carbocycles. The van der Waals surface area contributed by atoms with Crippen LogP contribution in [-0.2, 0) is 7.05 Å². The van der Waals surface area contributed by atoms with E-state index >= 15 is 0 Å². The van der Waals surface area contributed by atoms with Gasteiger partial charge in [-0.25, -0.2) is 9.97 Å². The zero-order chi connectivity index (χ0) is 18.6. The molecule has 4 aromatic rings. The summed E-state index contributed by atoms with van der Waals surface area (Å²) in [5, 5.41) is 0. The first-order chi connectivity index (χ1) is 13.3. The smallest absolute Gasteiger partial charge is 0.131 e. The van der Waals surface area contributed by atoms with Crippen molar-refractivity contribution in [2.24, 2.45) is 7.05 Å². The Labute approximate surface area is 159 Å². The number of pyridine rings is 1. The molecule has 0 radical (unpaired) electrons. The predicted octanol–water partition coefficient (Wildman–Crippen LogP) is 4.74. The van der Waals surface area contributed by atoms with Crippen LogP contribution in [0.2, 0.25) is 0 Å². The van der Waals surface area contributed by atoms with Gasteiger partial charge in [0.25, 0.3) is 0 Å². The molecule has 0 saturated heterocycles. The topological polar surface area (TPSA) is 48.5 Å². The third kappa shape index (κ3) is 3.28. The summed E-state index contributed by atoms with van der Waals surface area (Å²) < 4.78 is 4.36. The van der Waals surface area contributed by atoms with Gasteiger partial charge in [-0.1, -0.05) is 43.7 Å². The second-order valence-corrected chi connectivity index (χ2v) is 6.65. The van der Waals surface area contributed by atoms with E-state index in [-0.39, 0.29) is 6.04 Å². The summed E-state index contributed by atoms with van der Waals surface area (Å²) in [5.74, 6) is 1.05. The standard InChI is InChI=1S/C22H23N5/c1-3-7-19(22-24-14-15-26(22)2)27-16-25-20(17-8-5-4-6-9-17)21(27)18-10-12-23-13-11-18/h4-6,8-16,19H,3,7H2,1-2H3. The molecule has 0 aliphatic heterocycles. The third-order valence-corrected chi connectivity index (χ3v) is 4.85. The Kier molecular flexibility index (Phi) is 4.83. The highest BCUT2D eigenvalue weighted by Crippen LogP contribution is 2.35. The van der Waals surface area contributed by atoms with E-state index in [1.807, 2.05) is 68.5 Å². The average molecular weight is 357 g/mol. The number of hydrogen-bond donors (Lipinski definition) is 0. The van der Waals surface area contributed by atoms with E-state index in [1.54, 1.807) is 0 Å². The molecule has 0 spiro atoms. The summed E-state index contributed by atoms with van der Waals surface area (Å²) in [5.41, 5.74) is 4.30. The van der Waals surface area contributed by atoms with Gasteiger partial charge in [0.1, 0.15) is 5.82 Å². The average Bonchev–Trinajstić information content (AvgIpc) is 3.34. The minimum Gasteiger partial charge on any atom is -0.336 e. The molecule has 5 nitrogen and oxygen atoms in total. The van der Waals surface area contributed by atoms with Crippen molar-refractivity contribution < 1.29 is 0 Å². The Bertz CT molecular complexity index is 1000. The normalized spacial score (nSPS) is 12.2. The van der Waals surface area contributed by atoms with Crippen LogP contribution in [0.3, 0.4) is 0 Å². The van der Waals surface area contributed by atoms with Gasteiger partial charge < -0.3 is 9.13 Å². The van der Waals surface area contributed by atoms with E-state index in [0.29, 0.717) is 0 Å². The zero-order valence-corrected chi connectivity index (χ0v) is 15.7. The number of rotatable bonds is 6. The van der Waals surface area contributed by atoms with Gasteiger partial charge in [0, 0.05) is 43.0 Å². The van der Waals surface area contributed by atoms with Crippen molar-refractivity contribution >= 4 is 0 Å². The molecule has 0 N–H and O–H groups in total. The number of aromatic nitrogens is 5.